The van der Waals surface area contributed by atoms with Crippen LogP contribution in [0.2, 0.25) is 0 Å². The molecule has 18 atom stereocenters. The van der Waals surface area contributed by atoms with Crippen molar-refractivity contribution in [3.05, 3.63) is 46.6 Å². The molecule has 8 aliphatic rings. The van der Waals surface area contributed by atoms with Gasteiger partial charge in [-0.2, -0.15) is 0 Å². The Labute approximate surface area is 627 Å². The molecule has 0 N–H and O–H groups in total. The number of rotatable bonds is 26. The third kappa shape index (κ3) is 31.1. The maximum atomic E-state index is 12.3. The van der Waals surface area contributed by atoms with E-state index >= 15 is 0 Å². The van der Waals surface area contributed by atoms with E-state index in [0.717, 1.165) is 103 Å². The number of esters is 7. The molecule has 4 aliphatic heterocycles. The van der Waals surface area contributed by atoms with Crippen molar-refractivity contribution in [1.82, 2.24) is 0 Å². The van der Waals surface area contributed by atoms with Gasteiger partial charge >= 0.3 is 41.8 Å². The van der Waals surface area contributed by atoms with Crippen LogP contribution in [0, 0.1) is 46.3 Å². The first-order chi connectivity index (χ1) is 49.1. The minimum atomic E-state index is -0.803. The second kappa shape index (κ2) is 44.7. The summed E-state index contributed by atoms with van der Waals surface area (Å²) in [6, 6.07) is 0. The largest absolute Gasteiger partial charge is 0.463 e. The van der Waals surface area contributed by atoms with Crippen LogP contribution >= 0.6 is 11.8 Å². The first kappa shape index (κ1) is 89.9. The molecule has 8 fully saturated rings. The summed E-state index contributed by atoms with van der Waals surface area (Å²) < 4.78 is 76.6. The van der Waals surface area contributed by atoms with Crippen LogP contribution in [0.1, 0.15) is 239 Å². The molecule has 8 rings (SSSR count). The van der Waals surface area contributed by atoms with Crippen molar-refractivity contribution in [3.8, 4) is 0 Å². The quantitative estimate of drug-likeness (QED) is 0.0443. The van der Waals surface area contributed by atoms with E-state index in [0.29, 0.717) is 81.0 Å². The van der Waals surface area contributed by atoms with Gasteiger partial charge in [0.15, 0.2) is 12.2 Å². The molecular formula is C82H134O21S. The first-order valence-corrected chi connectivity index (χ1v) is 39.8. The minimum Gasteiger partial charge on any atom is -0.463 e. The summed E-state index contributed by atoms with van der Waals surface area (Å²) in [5.74, 6) is 0.907. The molecule has 0 aromatic carbocycles. The van der Waals surface area contributed by atoms with E-state index in [2.05, 4.69) is 121 Å². The van der Waals surface area contributed by atoms with Crippen LogP contribution in [0.5, 0.6) is 0 Å². The van der Waals surface area contributed by atoms with Gasteiger partial charge in [-0.05, 0) is 191 Å². The van der Waals surface area contributed by atoms with Gasteiger partial charge in [0.05, 0.1) is 68.3 Å². The molecule has 13 unspecified atom stereocenters. The van der Waals surface area contributed by atoms with Crippen LogP contribution in [0.15, 0.2) is 46.6 Å². The fraction of sp³-hybridized carbons (Fsp3) is 0.817. The number of allylic oxidation sites excluding steroid dienone is 8. The maximum Gasteiger partial charge on any atom is 0.347 e. The topological polar surface area (TPSA) is 249 Å². The van der Waals surface area contributed by atoms with Crippen LogP contribution in [0.4, 0.5) is 0 Å². The lowest BCUT2D eigenvalue weighted by Crippen LogP contribution is -2.41. The second-order valence-corrected chi connectivity index (χ2v) is 33.8. The fourth-order valence-electron chi connectivity index (χ4n) is 13.9. The van der Waals surface area contributed by atoms with Crippen molar-refractivity contribution in [2.75, 3.05) is 60.6 Å². The summed E-state index contributed by atoms with van der Waals surface area (Å²) in [5, 5.41) is 0.280. The lowest BCUT2D eigenvalue weighted by Gasteiger charge is -2.36. The molecule has 0 amide bonds. The van der Waals surface area contributed by atoms with Gasteiger partial charge in [0.2, 0.25) is 12.2 Å². The summed E-state index contributed by atoms with van der Waals surface area (Å²) in [5.41, 5.74) is 6.00. The number of hydrogen-bond donors (Lipinski definition) is 0. The lowest BCUT2D eigenvalue weighted by atomic mass is 9.80. The highest BCUT2D eigenvalue weighted by atomic mass is 32.2. The molecule has 21 nitrogen and oxygen atoms in total. The van der Waals surface area contributed by atoms with E-state index < -0.39 is 48.3 Å². The van der Waals surface area contributed by atoms with Crippen molar-refractivity contribution >= 4 is 53.5 Å². The zero-order valence-corrected chi connectivity index (χ0v) is 67.8. The van der Waals surface area contributed by atoms with Crippen LogP contribution < -0.4 is 0 Å². The molecule has 104 heavy (non-hydrogen) atoms. The highest BCUT2D eigenvalue weighted by Crippen LogP contribution is 2.39. The molecule has 594 valence electrons. The van der Waals surface area contributed by atoms with Crippen molar-refractivity contribution in [3.63, 3.8) is 0 Å². The van der Waals surface area contributed by atoms with Gasteiger partial charge in [-0.25, -0.2) is 19.2 Å². The summed E-state index contributed by atoms with van der Waals surface area (Å²) in [4.78, 5) is 82.0. The Bertz CT molecular complexity index is 2810. The number of methoxy groups -OCH3 is 4. The van der Waals surface area contributed by atoms with Gasteiger partial charge in [0, 0.05) is 59.4 Å². The first-order valence-electron chi connectivity index (χ1n) is 38.8. The lowest BCUT2D eigenvalue weighted by molar-refractivity contribution is -0.177. The highest BCUT2D eigenvalue weighted by Gasteiger charge is 2.40. The Morgan fingerprint density at radius 2 is 0.865 bits per heavy atom. The van der Waals surface area contributed by atoms with Crippen LogP contribution in [-0.2, 0) is 99.9 Å². The normalized spacial score (nSPS) is 30.9. The summed E-state index contributed by atoms with van der Waals surface area (Å²) >= 11 is 1.58. The predicted molar refractivity (Wildman–Crippen MR) is 400 cm³/mol. The number of cyclic esters (lactones) is 4. The Kier molecular flexibility index (Phi) is 38.7. The van der Waals surface area contributed by atoms with Crippen molar-refractivity contribution < 1.29 is 99.9 Å². The maximum absolute atomic E-state index is 12.3. The molecule has 0 aromatic rings. The summed E-state index contributed by atoms with van der Waals surface area (Å²) in [6.07, 6.45) is 23.0. The second-order valence-electron chi connectivity index (χ2n) is 32.5. The number of ether oxygens (including phenoxy) is 14. The molecule has 4 saturated heterocycles. The van der Waals surface area contributed by atoms with E-state index in [1.165, 1.54) is 22.3 Å². The van der Waals surface area contributed by atoms with Gasteiger partial charge in [0.25, 0.3) is 0 Å². The zero-order chi connectivity index (χ0) is 77.0. The monoisotopic (exact) mass is 1490 g/mol. The number of hydrogen-bond acceptors (Lipinski definition) is 22. The van der Waals surface area contributed by atoms with Crippen LogP contribution in [0.25, 0.3) is 0 Å². The third-order valence-electron chi connectivity index (χ3n) is 21.9. The average Bonchev–Trinajstić information content (AvgIpc) is 1.10. The number of carbonyl (C=O) groups is 7. The zero-order valence-electron chi connectivity index (χ0n) is 67.0. The van der Waals surface area contributed by atoms with Gasteiger partial charge < -0.3 is 66.3 Å². The molecule has 4 aliphatic carbocycles. The molecule has 0 radical (unpaired) electrons. The molecule has 0 spiro atoms. The van der Waals surface area contributed by atoms with Crippen molar-refractivity contribution in [2.45, 2.75) is 324 Å². The Morgan fingerprint density at radius 3 is 1.28 bits per heavy atom. The van der Waals surface area contributed by atoms with Gasteiger partial charge in [-0.3, -0.25) is 14.4 Å². The van der Waals surface area contributed by atoms with Gasteiger partial charge in [0.1, 0.15) is 18.8 Å². The van der Waals surface area contributed by atoms with Gasteiger partial charge in [-0.1, -0.05) is 116 Å². The van der Waals surface area contributed by atoms with E-state index in [1.54, 1.807) is 54.0 Å². The molecule has 22 heteroatoms. The number of thioether (sulfide) groups is 1. The third-order valence-corrected chi connectivity index (χ3v) is 23.3. The minimum absolute atomic E-state index is 0.0375. The predicted octanol–water partition coefficient (Wildman–Crippen LogP) is 14.9. The number of carbonyl (C=O) groups excluding carboxylic acids is 7. The molecule has 4 heterocycles. The van der Waals surface area contributed by atoms with Crippen LogP contribution in [0.3, 0.4) is 0 Å². The molecule has 4 saturated carbocycles. The Hall–Kier alpha value is -4.68. The van der Waals surface area contributed by atoms with E-state index in [1.807, 2.05) is 0 Å². The van der Waals surface area contributed by atoms with Crippen LogP contribution in [-0.4, -0.2) is 187 Å². The van der Waals surface area contributed by atoms with Crippen molar-refractivity contribution in [2.24, 2.45) is 46.3 Å². The SMILES string of the molecule is CO[C@@H]1CC(/C=C(\C)C(C)(C)C)CCC1OC(C)C(=O)OC1CCOC1=O.CO[C@@H]1CC(/C=C(\C)C(C)(C)C)CC[C@@H]1SCC(=O)OC1CCOC1=O.CO[C@@H]1CC(/C=C(\C)C(C)C)CCC1OC(C)C(=O)OCC1CCCC(=O)O1.CO[C@@H]1CC(/C=C(\C)C(C)C)CCC1OCC1CCCC(=O)O1. The Balaban J connectivity index is 0.000000250. The molecular weight excluding hydrogens is 1350 g/mol. The average molecular weight is 1490 g/mol. The Morgan fingerprint density at radius 1 is 0.471 bits per heavy atom. The smallest absolute Gasteiger partial charge is 0.347 e. The summed E-state index contributed by atoms with van der Waals surface area (Å²) in [6.45, 7) is 35.6. The van der Waals surface area contributed by atoms with E-state index in [4.69, 9.17) is 66.3 Å². The molecule has 0 bridgehead atoms. The van der Waals surface area contributed by atoms with E-state index in [9.17, 15) is 33.6 Å². The van der Waals surface area contributed by atoms with E-state index in [-0.39, 0.29) is 101 Å². The standard InChI is InChI=1S/C22H36O6.C21H34O6.C20H32O5S.C19H32O4/c1-14(2)15(3)11-17-9-10-19(20(12-17)25-5)27-16(4)22(24)26-13-18-7-6-8-21(23)28-18;1-13(21(3,4)5)11-15-7-8-16(18(12-15)24-6)26-14(2)19(22)27-17-9-10-25-20(17)23;1-13(20(2,3)4)10-14-6-7-17(16(11-14)23-5)26-12-18(21)25-15-8-9-24-19(15)22;1-13(2)14(3)10-15-8-9-17(18(11-15)21-4)22-12-16-6-5-7-19(20)23-16/h11,14,16-20H,6-10,12-13H2,1-5H3;11,14-18H,7-10,12H2,1-6H3;10,14-17H,6-9,11-12H2,1-5H3;10,13,15-18H,5-9,11-12H2,1-4H3/b15-11+;13-11+;13-10+;14-10+/t16?,17?,18?,19?,20-;14?,15?,16?,17?,18-;14?,15?,16-,17+;15?,16?,17?,18-/m1111/s1. The summed E-state index contributed by atoms with van der Waals surface area (Å²) in [7, 11) is 6.89. The van der Waals surface area contributed by atoms with Gasteiger partial charge in [-0.15, -0.1) is 11.8 Å². The fourth-order valence-corrected chi connectivity index (χ4v) is 15.0. The molecule has 0 aromatic heterocycles. The highest BCUT2D eigenvalue weighted by molar-refractivity contribution is 8.00. The van der Waals surface area contributed by atoms with Crippen molar-refractivity contribution in [1.29, 1.82) is 0 Å².